The van der Waals surface area contributed by atoms with Gasteiger partial charge >= 0.3 is 0 Å². The first-order valence-corrected chi connectivity index (χ1v) is 6.98. The van der Waals surface area contributed by atoms with Crippen LogP contribution in [-0.4, -0.2) is 50.3 Å². The van der Waals surface area contributed by atoms with E-state index in [4.69, 9.17) is 5.14 Å². The van der Waals surface area contributed by atoms with Crippen LogP contribution in [0.15, 0.2) is 0 Å². The molecule has 1 aliphatic rings. The second-order valence-electron chi connectivity index (χ2n) is 4.16. The number of sulfonamides is 1. The maximum Gasteiger partial charge on any atom is 0.213 e. The van der Waals surface area contributed by atoms with E-state index in [0.29, 0.717) is 0 Å². The molecule has 0 spiro atoms. The second-order valence-corrected chi connectivity index (χ2v) is 6.08. The van der Waals surface area contributed by atoms with E-state index in [-0.39, 0.29) is 12.1 Å². The Morgan fingerprint density at radius 1 is 1.60 bits per heavy atom. The van der Waals surface area contributed by atoms with Crippen LogP contribution in [0, 0.1) is 0 Å². The summed E-state index contributed by atoms with van der Waals surface area (Å²) in [6.45, 7) is 8.38. The summed E-state index contributed by atoms with van der Waals surface area (Å²) in [5, 5.41) is 7.97. The number of hydrogen-bond acceptors (Lipinski definition) is 4. The van der Waals surface area contributed by atoms with Crippen LogP contribution in [-0.2, 0) is 10.0 Å². The molecule has 0 aliphatic carbocycles. The summed E-state index contributed by atoms with van der Waals surface area (Å²) >= 11 is 0. The molecule has 1 saturated heterocycles. The lowest BCUT2D eigenvalue weighted by atomic mass is 10.0. The van der Waals surface area contributed by atoms with Crippen molar-refractivity contribution in [3.05, 3.63) is 0 Å². The lowest BCUT2D eigenvalue weighted by molar-refractivity contribution is 0.131. The molecule has 15 heavy (non-hydrogen) atoms. The number of nitrogens with one attached hydrogen (secondary N) is 1. The summed E-state index contributed by atoms with van der Waals surface area (Å²) in [6, 6.07) is 0.130. The number of likely N-dealkylation sites (N-methyl/N-ethyl adjacent to an activating group) is 1. The molecule has 0 radical (unpaired) electrons. The number of nitrogens with two attached hydrogens (primary N) is 1. The number of primary sulfonamides is 1. The summed E-state index contributed by atoms with van der Waals surface area (Å²) in [6.07, 6.45) is 0. The fourth-order valence-electron chi connectivity index (χ4n) is 2.29. The molecule has 5 nitrogen and oxygen atoms in total. The Morgan fingerprint density at radius 3 is 2.67 bits per heavy atom. The first kappa shape index (κ1) is 12.9. The molecule has 0 aromatic carbocycles. The topological polar surface area (TPSA) is 75.4 Å². The van der Waals surface area contributed by atoms with Crippen LogP contribution in [0.25, 0.3) is 0 Å². The molecule has 90 valence electrons. The third-order valence-corrected chi connectivity index (χ3v) is 4.52. The predicted molar refractivity (Wildman–Crippen MR) is 61.1 cm³/mol. The van der Waals surface area contributed by atoms with Crippen LogP contribution in [0.1, 0.15) is 20.8 Å². The van der Waals surface area contributed by atoms with Gasteiger partial charge < -0.3 is 5.32 Å². The van der Waals surface area contributed by atoms with Crippen molar-refractivity contribution in [3.63, 3.8) is 0 Å². The normalized spacial score (nSPS) is 31.5. The van der Waals surface area contributed by atoms with Crippen molar-refractivity contribution in [1.82, 2.24) is 10.2 Å². The van der Waals surface area contributed by atoms with Crippen molar-refractivity contribution in [3.8, 4) is 0 Å². The molecule has 0 aromatic rings. The Balaban J connectivity index is 2.87. The summed E-state index contributed by atoms with van der Waals surface area (Å²) < 4.78 is 22.7. The van der Waals surface area contributed by atoms with Crippen molar-refractivity contribution in [2.75, 3.05) is 19.6 Å². The molecule has 1 heterocycles. The fraction of sp³-hybridized carbons (Fsp3) is 1.00. The maximum atomic E-state index is 11.4. The maximum absolute atomic E-state index is 11.4. The third-order valence-electron chi connectivity index (χ3n) is 3.20. The van der Waals surface area contributed by atoms with E-state index in [0.717, 1.165) is 19.6 Å². The Kier molecular flexibility index (Phi) is 4.11. The molecule has 0 bridgehead atoms. The first-order valence-electron chi connectivity index (χ1n) is 5.37. The number of nitrogens with zero attached hydrogens (tertiary/aromatic N) is 1. The van der Waals surface area contributed by atoms with Crippen molar-refractivity contribution in [2.45, 2.75) is 38.1 Å². The lowest BCUT2D eigenvalue weighted by Gasteiger charge is -2.42. The number of rotatable bonds is 3. The van der Waals surface area contributed by atoms with Crippen LogP contribution in [0.5, 0.6) is 0 Å². The Morgan fingerprint density at radius 2 is 2.20 bits per heavy atom. The zero-order chi connectivity index (χ0) is 11.6. The van der Waals surface area contributed by atoms with E-state index in [9.17, 15) is 8.42 Å². The van der Waals surface area contributed by atoms with Crippen LogP contribution in [0.2, 0.25) is 0 Å². The lowest BCUT2D eigenvalue weighted by Crippen LogP contribution is -2.62. The summed E-state index contributed by atoms with van der Waals surface area (Å²) in [7, 11) is -3.46. The van der Waals surface area contributed by atoms with E-state index in [1.807, 2.05) is 13.8 Å². The number of piperazine rings is 1. The predicted octanol–water partition coefficient (Wildman–Crippen LogP) is -0.654. The van der Waals surface area contributed by atoms with Crippen molar-refractivity contribution in [2.24, 2.45) is 5.14 Å². The molecule has 3 unspecified atom stereocenters. The molecule has 3 N–H and O–H groups in total. The zero-order valence-corrected chi connectivity index (χ0v) is 10.4. The SMILES string of the molecule is CCN1CCNC(C)C1C(C)S(N)(=O)=O. The highest BCUT2D eigenvalue weighted by Crippen LogP contribution is 2.16. The molecule has 0 aromatic heterocycles. The molecule has 6 heteroatoms. The van der Waals surface area contributed by atoms with Gasteiger partial charge in [0.05, 0.1) is 5.25 Å². The highest BCUT2D eigenvalue weighted by molar-refractivity contribution is 7.89. The van der Waals surface area contributed by atoms with Gasteiger partial charge in [-0.25, -0.2) is 13.6 Å². The van der Waals surface area contributed by atoms with Gasteiger partial charge in [0, 0.05) is 25.2 Å². The van der Waals surface area contributed by atoms with Crippen molar-refractivity contribution >= 4 is 10.0 Å². The van der Waals surface area contributed by atoms with Gasteiger partial charge in [-0.1, -0.05) is 6.92 Å². The minimum absolute atomic E-state index is 0.0289. The molecule has 0 saturated carbocycles. The van der Waals surface area contributed by atoms with Gasteiger partial charge in [-0.05, 0) is 20.4 Å². The van der Waals surface area contributed by atoms with Crippen LogP contribution in [0.3, 0.4) is 0 Å². The molecule has 1 rings (SSSR count). The van der Waals surface area contributed by atoms with Gasteiger partial charge in [0.2, 0.25) is 10.0 Å². The molecule has 1 fully saturated rings. The van der Waals surface area contributed by atoms with E-state index in [2.05, 4.69) is 10.2 Å². The van der Waals surface area contributed by atoms with Gasteiger partial charge in [-0.2, -0.15) is 0 Å². The standard InChI is InChI=1S/C9H21N3O2S/c1-4-12-6-5-11-7(2)9(12)8(3)15(10,13)14/h7-9,11H,4-6H2,1-3H3,(H2,10,13,14). The summed E-state index contributed by atoms with van der Waals surface area (Å²) in [5.74, 6) is 0. The third kappa shape index (κ3) is 2.90. The van der Waals surface area contributed by atoms with Gasteiger partial charge in [-0.3, -0.25) is 4.90 Å². The van der Waals surface area contributed by atoms with Gasteiger partial charge in [0.25, 0.3) is 0 Å². The van der Waals surface area contributed by atoms with Gasteiger partial charge in [0.15, 0.2) is 0 Å². The average Bonchev–Trinajstić information content (AvgIpc) is 2.15. The fourth-order valence-corrected chi connectivity index (χ4v) is 3.09. The van der Waals surface area contributed by atoms with Gasteiger partial charge in [0.1, 0.15) is 0 Å². The minimum atomic E-state index is -3.46. The summed E-state index contributed by atoms with van der Waals surface area (Å²) in [4.78, 5) is 2.18. The van der Waals surface area contributed by atoms with E-state index >= 15 is 0 Å². The van der Waals surface area contributed by atoms with E-state index in [1.54, 1.807) is 6.92 Å². The second kappa shape index (κ2) is 4.78. The largest absolute Gasteiger partial charge is 0.311 e. The monoisotopic (exact) mass is 235 g/mol. The average molecular weight is 235 g/mol. The minimum Gasteiger partial charge on any atom is -0.311 e. The highest BCUT2D eigenvalue weighted by atomic mass is 32.2. The van der Waals surface area contributed by atoms with Crippen LogP contribution in [0.4, 0.5) is 0 Å². The van der Waals surface area contributed by atoms with Crippen LogP contribution < -0.4 is 10.5 Å². The molecule has 3 atom stereocenters. The molecular formula is C9H21N3O2S. The zero-order valence-electron chi connectivity index (χ0n) is 9.60. The van der Waals surface area contributed by atoms with Crippen molar-refractivity contribution in [1.29, 1.82) is 0 Å². The Labute approximate surface area is 92.1 Å². The molecule has 0 amide bonds. The first-order chi connectivity index (χ1) is 6.88. The Bertz CT molecular complexity index is 304. The van der Waals surface area contributed by atoms with E-state index < -0.39 is 15.3 Å². The smallest absolute Gasteiger partial charge is 0.213 e. The number of hydrogen-bond donors (Lipinski definition) is 2. The quantitative estimate of drug-likeness (QED) is 0.681. The summed E-state index contributed by atoms with van der Waals surface area (Å²) in [5.41, 5.74) is 0. The Hall–Kier alpha value is -0.170. The van der Waals surface area contributed by atoms with Gasteiger partial charge in [-0.15, -0.1) is 0 Å². The molecular weight excluding hydrogens is 214 g/mol. The highest BCUT2D eigenvalue weighted by Gasteiger charge is 2.36. The van der Waals surface area contributed by atoms with E-state index in [1.165, 1.54) is 0 Å². The molecule has 1 aliphatic heterocycles. The van der Waals surface area contributed by atoms with Crippen molar-refractivity contribution < 1.29 is 8.42 Å². The van der Waals surface area contributed by atoms with Crippen LogP contribution >= 0.6 is 0 Å².